The number of hydrogen-bond donors (Lipinski definition) is 2. The van der Waals surface area contributed by atoms with Crippen LogP contribution >= 0.6 is 23.2 Å². The molecule has 5 rings (SSSR count). The van der Waals surface area contributed by atoms with Crippen molar-refractivity contribution < 1.29 is 27.8 Å². The number of imidazole rings is 1. The van der Waals surface area contributed by atoms with Crippen molar-refractivity contribution in [2.75, 3.05) is 0 Å². The third-order valence-electron chi connectivity index (χ3n) is 6.80. The normalized spacial score (nSPS) is 12.2. The van der Waals surface area contributed by atoms with Crippen molar-refractivity contribution in [3.05, 3.63) is 124 Å². The van der Waals surface area contributed by atoms with Crippen LogP contribution in [0.15, 0.2) is 91.1 Å². The fourth-order valence-corrected chi connectivity index (χ4v) is 5.25. The summed E-state index contributed by atoms with van der Waals surface area (Å²) in [5, 5.41) is 10.4. The van der Waals surface area contributed by atoms with Crippen LogP contribution in [0.25, 0.3) is 22.4 Å². The van der Waals surface area contributed by atoms with Crippen molar-refractivity contribution in [2.24, 2.45) is 0 Å². The maximum atomic E-state index is 13.2. The molecule has 2 N–H and O–H groups in total. The van der Waals surface area contributed by atoms with Crippen molar-refractivity contribution in [1.29, 1.82) is 0 Å². The zero-order valence-corrected chi connectivity index (χ0v) is 23.6. The van der Waals surface area contributed by atoms with E-state index in [4.69, 9.17) is 27.9 Å². The molecular formula is C32H23Cl2F3N2O3. The lowest BCUT2D eigenvalue weighted by Gasteiger charge is -2.14. The summed E-state index contributed by atoms with van der Waals surface area (Å²) in [4.78, 5) is 19.4. The predicted molar refractivity (Wildman–Crippen MR) is 157 cm³/mol. The Balaban J connectivity index is 1.35. The first-order valence-corrected chi connectivity index (χ1v) is 13.6. The van der Waals surface area contributed by atoms with Gasteiger partial charge in [0, 0.05) is 16.5 Å². The van der Waals surface area contributed by atoms with Gasteiger partial charge in [0.15, 0.2) is 0 Å². The quantitative estimate of drug-likeness (QED) is 0.183. The molecule has 1 aromatic heterocycles. The Labute approximate surface area is 249 Å². The Bertz CT molecular complexity index is 1750. The second-order valence-electron chi connectivity index (χ2n) is 9.53. The fraction of sp³-hybridized carbons (Fsp3) is 0.125. The van der Waals surface area contributed by atoms with E-state index in [0.717, 1.165) is 52.3 Å². The van der Waals surface area contributed by atoms with Gasteiger partial charge < -0.3 is 14.8 Å². The molecule has 0 fully saturated rings. The molecule has 0 saturated carbocycles. The average molecular weight is 611 g/mol. The number of H-pyrrole nitrogens is 1. The van der Waals surface area contributed by atoms with Gasteiger partial charge >= 0.3 is 12.1 Å². The van der Waals surface area contributed by atoms with Crippen LogP contribution in [0.5, 0.6) is 11.5 Å². The van der Waals surface area contributed by atoms with E-state index in [1.807, 2.05) is 36.4 Å². The minimum Gasteiger partial charge on any atom is -0.478 e. The van der Waals surface area contributed by atoms with Crippen LogP contribution < -0.4 is 4.74 Å². The monoisotopic (exact) mass is 610 g/mol. The number of aromatic nitrogens is 2. The molecule has 0 aliphatic carbocycles. The van der Waals surface area contributed by atoms with E-state index in [0.29, 0.717) is 21.9 Å². The number of hydrogen-bond acceptors (Lipinski definition) is 3. The molecule has 0 aliphatic rings. The number of aromatic carboxylic acids is 1. The van der Waals surface area contributed by atoms with E-state index < -0.39 is 23.3 Å². The molecule has 1 heterocycles. The first kappa shape index (κ1) is 29.2. The lowest BCUT2D eigenvalue weighted by molar-refractivity contribution is -0.138. The summed E-state index contributed by atoms with van der Waals surface area (Å²) in [5.41, 5.74) is 2.26. The summed E-state index contributed by atoms with van der Waals surface area (Å²) in [6, 6.07) is 23.0. The molecule has 0 radical (unpaired) electrons. The Hall–Kier alpha value is -4.27. The number of rotatable bonds is 8. The van der Waals surface area contributed by atoms with Crippen molar-refractivity contribution in [2.45, 2.75) is 25.4 Å². The molecule has 5 nitrogen and oxygen atoms in total. The van der Waals surface area contributed by atoms with Gasteiger partial charge in [0.05, 0.1) is 28.0 Å². The van der Waals surface area contributed by atoms with Gasteiger partial charge in [-0.3, -0.25) is 0 Å². The minimum absolute atomic E-state index is 0.0108. The molecule has 1 unspecified atom stereocenters. The van der Waals surface area contributed by atoms with Gasteiger partial charge in [-0.15, -0.1) is 0 Å². The highest BCUT2D eigenvalue weighted by Gasteiger charge is 2.35. The van der Waals surface area contributed by atoms with E-state index in [1.165, 1.54) is 0 Å². The topological polar surface area (TPSA) is 75.2 Å². The highest BCUT2D eigenvalue weighted by atomic mass is 35.5. The molecule has 0 spiro atoms. The van der Waals surface area contributed by atoms with Crippen LogP contribution in [-0.4, -0.2) is 21.0 Å². The number of carbonyl (C=O) groups is 1. The van der Waals surface area contributed by atoms with E-state index in [-0.39, 0.29) is 11.7 Å². The molecule has 0 aliphatic heterocycles. The number of halogens is 5. The molecule has 10 heteroatoms. The Morgan fingerprint density at radius 3 is 2.36 bits per heavy atom. The van der Waals surface area contributed by atoms with Crippen molar-refractivity contribution >= 4 is 29.2 Å². The number of carboxylic acid groups (broad SMARTS) is 1. The lowest BCUT2D eigenvalue weighted by atomic mass is 9.93. The summed E-state index contributed by atoms with van der Waals surface area (Å²) in [6.45, 7) is 2.08. The number of nitrogens with zero attached hydrogens (tertiary/aromatic N) is 1. The maximum Gasteiger partial charge on any atom is 0.417 e. The smallest absolute Gasteiger partial charge is 0.417 e. The largest absolute Gasteiger partial charge is 0.478 e. The Morgan fingerprint density at radius 1 is 0.952 bits per heavy atom. The fourth-order valence-electron chi connectivity index (χ4n) is 4.74. The van der Waals surface area contributed by atoms with Crippen LogP contribution in [0.2, 0.25) is 10.0 Å². The second kappa shape index (κ2) is 11.9. The third kappa shape index (κ3) is 6.30. The van der Waals surface area contributed by atoms with Gasteiger partial charge in [0.2, 0.25) is 0 Å². The Kier molecular flexibility index (Phi) is 8.29. The van der Waals surface area contributed by atoms with E-state index in [9.17, 15) is 23.1 Å². The summed E-state index contributed by atoms with van der Waals surface area (Å²) in [6.07, 6.45) is -2.24. The first-order chi connectivity index (χ1) is 20.0. The lowest BCUT2D eigenvalue weighted by Crippen LogP contribution is -2.12. The van der Waals surface area contributed by atoms with Crippen LogP contribution in [0, 0.1) is 0 Å². The van der Waals surface area contributed by atoms with Crippen molar-refractivity contribution in [3.8, 4) is 33.9 Å². The molecule has 4 aromatic carbocycles. The molecular weight excluding hydrogens is 588 g/mol. The molecule has 1 atom stereocenters. The molecule has 42 heavy (non-hydrogen) atoms. The van der Waals surface area contributed by atoms with Gasteiger partial charge in [-0.2, -0.15) is 13.2 Å². The van der Waals surface area contributed by atoms with Gasteiger partial charge in [0.1, 0.15) is 17.3 Å². The predicted octanol–water partition coefficient (Wildman–Crippen LogP) is 10.1. The standard InChI is InChI=1S/C32H23Cl2F3N2O3/c1-2-24(30-38-17-29(39-30)25-12-10-21(33)15-28(25)34)19-8-6-18(7-9-19)20-4-3-5-22(14-20)42-23-11-13-27(32(35,36)37)26(16-23)31(40)41/h3-17,24H,2H2,1H3,(H,38,39)(H,40,41). The van der Waals surface area contributed by atoms with Crippen molar-refractivity contribution in [3.63, 3.8) is 0 Å². The molecule has 5 aromatic rings. The van der Waals surface area contributed by atoms with Crippen LogP contribution in [-0.2, 0) is 6.18 Å². The van der Waals surface area contributed by atoms with Crippen LogP contribution in [0.3, 0.4) is 0 Å². The first-order valence-electron chi connectivity index (χ1n) is 12.9. The summed E-state index contributed by atoms with van der Waals surface area (Å²) in [7, 11) is 0. The van der Waals surface area contributed by atoms with Crippen LogP contribution in [0.1, 0.15) is 46.6 Å². The van der Waals surface area contributed by atoms with Gasteiger partial charge in [-0.05, 0) is 71.6 Å². The minimum atomic E-state index is -4.79. The number of benzene rings is 4. The second-order valence-corrected chi connectivity index (χ2v) is 10.4. The maximum absolute atomic E-state index is 13.2. The highest BCUT2D eigenvalue weighted by molar-refractivity contribution is 6.36. The highest BCUT2D eigenvalue weighted by Crippen LogP contribution is 2.36. The zero-order valence-electron chi connectivity index (χ0n) is 22.0. The van der Waals surface area contributed by atoms with Gasteiger partial charge in [-0.25, -0.2) is 9.78 Å². The van der Waals surface area contributed by atoms with Crippen molar-refractivity contribution in [1.82, 2.24) is 9.97 Å². The SMILES string of the molecule is CCC(c1ccc(-c2cccc(Oc3ccc(C(F)(F)F)c(C(=O)O)c3)c2)cc1)c1ncc(-c2ccc(Cl)cc2Cl)[nH]1. The molecule has 0 bridgehead atoms. The van der Waals surface area contributed by atoms with Crippen LogP contribution in [0.4, 0.5) is 13.2 Å². The summed E-state index contributed by atoms with van der Waals surface area (Å²) >= 11 is 12.4. The van der Waals surface area contributed by atoms with E-state index in [2.05, 4.69) is 16.9 Å². The molecule has 0 amide bonds. The molecule has 0 saturated heterocycles. The zero-order chi connectivity index (χ0) is 30.0. The summed E-state index contributed by atoms with van der Waals surface area (Å²) in [5.74, 6) is -0.540. The van der Waals surface area contributed by atoms with Gasteiger partial charge in [0.25, 0.3) is 0 Å². The van der Waals surface area contributed by atoms with Gasteiger partial charge in [-0.1, -0.05) is 66.5 Å². The third-order valence-corrected chi connectivity index (χ3v) is 7.35. The average Bonchev–Trinajstić information content (AvgIpc) is 3.43. The number of carboxylic acids is 1. The van der Waals surface area contributed by atoms with E-state index in [1.54, 1.807) is 36.5 Å². The number of ether oxygens (including phenoxy) is 1. The molecule has 214 valence electrons. The summed E-state index contributed by atoms with van der Waals surface area (Å²) < 4.78 is 45.3. The number of nitrogens with one attached hydrogen (secondary N) is 1. The number of alkyl halides is 3. The number of aromatic amines is 1. The Morgan fingerprint density at radius 2 is 1.69 bits per heavy atom. The van der Waals surface area contributed by atoms with E-state index >= 15 is 0 Å².